The van der Waals surface area contributed by atoms with Crippen molar-refractivity contribution in [3.8, 4) is 10.6 Å². The molecule has 2 N–H and O–H groups in total. The zero-order valence-electron chi connectivity index (χ0n) is 12.1. The van der Waals surface area contributed by atoms with Crippen LogP contribution in [0.2, 0.25) is 0 Å². The van der Waals surface area contributed by atoms with E-state index in [2.05, 4.69) is 48.5 Å². The summed E-state index contributed by atoms with van der Waals surface area (Å²) in [4.78, 5) is 4.62. The second-order valence-electron chi connectivity index (χ2n) is 5.29. The Balaban J connectivity index is 2.04. The normalized spacial score (nSPS) is 11.2. The Kier molecular flexibility index (Phi) is 5.71. The third-order valence-electron chi connectivity index (χ3n) is 2.85. The minimum absolute atomic E-state index is 0.566. The molecule has 1 heterocycles. The van der Waals surface area contributed by atoms with Gasteiger partial charge in [-0.3, -0.25) is 0 Å². The standard InChI is InChI=1S/C16H22N2OS/c1-12(2)9-19-10-13-4-3-5-14(8-13)16-18-15(6-7-17)11-20-16/h3-5,8,11-12H,6-7,9-10,17H2,1-2H3. The highest BCUT2D eigenvalue weighted by molar-refractivity contribution is 7.13. The minimum Gasteiger partial charge on any atom is -0.377 e. The average molecular weight is 290 g/mol. The van der Waals surface area contributed by atoms with Crippen LogP contribution in [-0.4, -0.2) is 18.1 Å². The Labute approximate surface area is 124 Å². The van der Waals surface area contributed by atoms with E-state index in [1.807, 2.05) is 0 Å². The lowest BCUT2D eigenvalue weighted by Crippen LogP contribution is -2.02. The molecule has 2 aromatic rings. The summed E-state index contributed by atoms with van der Waals surface area (Å²) in [6.07, 6.45) is 0.841. The molecule has 1 aromatic carbocycles. The average Bonchev–Trinajstić information content (AvgIpc) is 2.88. The molecule has 0 fully saturated rings. The van der Waals surface area contributed by atoms with Crippen LogP contribution in [-0.2, 0) is 17.8 Å². The van der Waals surface area contributed by atoms with E-state index in [0.29, 0.717) is 19.1 Å². The molecule has 0 unspecified atom stereocenters. The topological polar surface area (TPSA) is 48.1 Å². The predicted molar refractivity (Wildman–Crippen MR) is 84.8 cm³/mol. The Morgan fingerprint density at radius 2 is 2.20 bits per heavy atom. The lowest BCUT2D eigenvalue weighted by atomic mass is 10.1. The SMILES string of the molecule is CC(C)COCc1cccc(-c2nc(CCN)cs2)c1. The second kappa shape index (κ2) is 7.53. The molecule has 3 nitrogen and oxygen atoms in total. The van der Waals surface area contributed by atoms with Gasteiger partial charge >= 0.3 is 0 Å². The largest absolute Gasteiger partial charge is 0.377 e. The van der Waals surface area contributed by atoms with Crippen LogP contribution < -0.4 is 5.73 Å². The summed E-state index contributed by atoms with van der Waals surface area (Å²) in [6.45, 7) is 6.41. The van der Waals surface area contributed by atoms with Gasteiger partial charge in [-0.25, -0.2) is 4.98 Å². The second-order valence-corrected chi connectivity index (χ2v) is 6.15. The number of nitrogens with zero attached hydrogens (tertiary/aromatic N) is 1. The van der Waals surface area contributed by atoms with Gasteiger partial charge in [-0.05, 0) is 24.1 Å². The van der Waals surface area contributed by atoms with Crippen LogP contribution >= 0.6 is 11.3 Å². The Morgan fingerprint density at radius 1 is 1.35 bits per heavy atom. The summed E-state index contributed by atoms with van der Waals surface area (Å²) >= 11 is 1.67. The summed E-state index contributed by atoms with van der Waals surface area (Å²) in [5.41, 5.74) is 8.99. The first-order chi connectivity index (χ1) is 9.69. The minimum atomic E-state index is 0.566. The van der Waals surface area contributed by atoms with Crippen LogP contribution in [0.1, 0.15) is 25.1 Å². The van der Waals surface area contributed by atoms with Gasteiger partial charge in [0.05, 0.1) is 12.3 Å². The zero-order valence-corrected chi connectivity index (χ0v) is 13.0. The van der Waals surface area contributed by atoms with Gasteiger partial charge in [-0.2, -0.15) is 0 Å². The number of hydrogen-bond acceptors (Lipinski definition) is 4. The lowest BCUT2D eigenvalue weighted by molar-refractivity contribution is 0.0971. The summed E-state index contributed by atoms with van der Waals surface area (Å²) in [6, 6.07) is 8.41. The molecular weight excluding hydrogens is 268 g/mol. The van der Waals surface area contributed by atoms with E-state index >= 15 is 0 Å². The van der Waals surface area contributed by atoms with E-state index in [4.69, 9.17) is 10.5 Å². The molecule has 0 bridgehead atoms. The van der Waals surface area contributed by atoms with Gasteiger partial charge in [0.1, 0.15) is 5.01 Å². The van der Waals surface area contributed by atoms with Crippen molar-refractivity contribution in [1.29, 1.82) is 0 Å². The van der Waals surface area contributed by atoms with Crippen LogP contribution in [0.3, 0.4) is 0 Å². The van der Waals surface area contributed by atoms with Crippen molar-refractivity contribution >= 4 is 11.3 Å². The van der Waals surface area contributed by atoms with E-state index < -0.39 is 0 Å². The molecule has 0 atom stereocenters. The lowest BCUT2D eigenvalue weighted by Gasteiger charge is -2.07. The van der Waals surface area contributed by atoms with Crippen molar-refractivity contribution in [1.82, 2.24) is 4.98 Å². The monoisotopic (exact) mass is 290 g/mol. The fourth-order valence-electron chi connectivity index (χ4n) is 1.91. The molecule has 1 aromatic heterocycles. The van der Waals surface area contributed by atoms with Crippen molar-refractivity contribution in [3.05, 3.63) is 40.9 Å². The molecule has 4 heteroatoms. The van der Waals surface area contributed by atoms with Gasteiger partial charge in [0.2, 0.25) is 0 Å². The third kappa shape index (κ3) is 4.40. The maximum Gasteiger partial charge on any atom is 0.123 e. The van der Waals surface area contributed by atoms with Crippen molar-refractivity contribution in [2.24, 2.45) is 11.7 Å². The fraction of sp³-hybridized carbons (Fsp3) is 0.438. The Morgan fingerprint density at radius 3 is 2.95 bits per heavy atom. The number of thiazole rings is 1. The first kappa shape index (κ1) is 15.2. The van der Waals surface area contributed by atoms with Crippen molar-refractivity contribution in [2.75, 3.05) is 13.2 Å². The number of hydrogen-bond donors (Lipinski definition) is 1. The van der Waals surface area contributed by atoms with Crippen molar-refractivity contribution < 1.29 is 4.74 Å². The molecule has 20 heavy (non-hydrogen) atoms. The highest BCUT2D eigenvalue weighted by atomic mass is 32.1. The van der Waals surface area contributed by atoms with Gasteiger partial charge in [-0.1, -0.05) is 32.0 Å². The molecular formula is C16H22N2OS. The van der Waals surface area contributed by atoms with E-state index in [0.717, 1.165) is 29.3 Å². The van der Waals surface area contributed by atoms with Crippen LogP contribution in [0.15, 0.2) is 29.6 Å². The van der Waals surface area contributed by atoms with Crippen LogP contribution in [0.5, 0.6) is 0 Å². The highest BCUT2D eigenvalue weighted by Gasteiger charge is 2.05. The van der Waals surface area contributed by atoms with E-state index in [-0.39, 0.29) is 0 Å². The molecule has 0 aliphatic heterocycles. The van der Waals surface area contributed by atoms with Crippen molar-refractivity contribution in [3.63, 3.8) is 0 Å². The van der Waals surface area contributed by atoms with Crippen LogP contribution in [0.4, 0.5) is 0 Å². The fourth-order valence-corrected chi connectivity index (χ4v) is 2.76. The quantitative estimate of drug-likeness (QED) is 0.849. The molecule has 0 spiro atoms. The predicted octanol–water partition coefficient (Wildman–Crippen LogP) is 3.48. The summed E-state index contributed by atoms with van der Waals surface area (Å²) in [5.74, 6) is 0.566. The number of nitrogens with two attached hydrogens (primary N) is 1. The van der Waals surface area contributed by atoms with E-state index in [9.17, 15) is 0 Å². The maximum absolute atomic E-state index is 5.68. The van der Waals surface area contributed by atoms with Crippen molar-refractivity contribution in [2.45, 2.75) is 26.9 Å². The van der Waals surface area contributed by atoms with E-state index in [1.54, 1.807) is 11.3 Å². The first-order valence-corrected chi connectivity index (χ1v) is 7.88. The number of ether oxygens (including phenoxy) is 1. The number of rotatable bonds is 7. The summed E-state index contributed by atoms with van der Waals surface area (Å²) in [7, 11) is 0. The first-order valence-electron chi connectivity index (χ1n) is 7.00. The summed E-state index contributed by atoms with van der Waals surface area (Å²) in [5, 5.41) is 3.14. The molecule has 0 amide bonds. The molecule has 108 valence electrons. The molecule has 0 saturated carbocycles. The molecule has 0 aliphatic carbocycles. The molecule has 0 saturated heterocycles. The molecule has 0 radical (unpaired) electrons. The van der Waals surface area contributed by atoms with Gasteiger partial charge < -0.3 is 10.5 Å². The number of benzene rings is 1. The van der Waals surface area contributed by atoms with Gasteiger partial charge in [0.15, 0.2) is 0 Å². The zero-order chi connectivity index (χ0) is 14.4. The maximum atomic E-state index is 5.68. The summed E-state index contributed by atoms with van der Waals surface area (Å²) < 4.78 is 5.68. The number of aromatic nitrogens is 1. The molecule has 0 aliphatic rings. The Bertz CT molecular complexity index is 537. The third-order valence-corrected chi connectivity index (χ3v) is 3.79. The molecule has 2 rings (SSSR count). The van der Waals surface area contributed by atoms with E-state index in [1.165, 1.54) is 5.56 Å². The van der Waals surface area contributed by atoms with Gasteiger partial charge in [-0.15, -0.1) is 11.3 Å². The highest BCUT2D eigenvalue weighted by Crippen LogP contribution is 2.25. The van der Waals surface area contributed by atoms with Gasteiger partial charge in [0, 0.05) is 24.0 Å². The Hall–Kier alpha value is -1.23. The van der Waals surface area contributed by atoms with Crippen LogP contribution in [0.25, 0.3) is 10.6 Å². The smallest absolute Gasteiger partial charge is 0.123 e. The van der Waals surface area contributed by atoms with Crippen LogP contribution in [0, 0.1) is 5.92 Å². The van der Waals surface area contributed by atoms with Gasteiger partial charge in [0.25, 0.3) is 0 Å².